The molecule has 2 rings (SSSR count). The summed E-state index contributed by atoms with van der Waals surface area (Å²) in [7, 11) is 1.79. The van der Waals surface area contributed by atoms with E-state index in [4.69, 9.17) is 9.47 Å². The van der Waals surface area contributed by atoms with Crippen molar-refractivity contribution in [3.8, 4) is 0 Å². The first-order valence-electron chi connectivity index (χ1n) is 12.0. The van der Waals surface area contributed by atoms with E-state index in [-0.39, 0.29) is 12.3 Å². The van der Waals surface area contributed by atoms with Crippen LogP contribution in [-0.4, -0.2) is 47.7 Å². The summed E-state index contributed by atoms with van der Waals surface area (Å²) in [5.41, 5.74) is 0.164. The molecule has 0 aliphatic carbocycles. The van der Waals surface area contributed by atoms with Crippen molar-refractivity contribution < 1.29 is 19.1 Å². The number of amides is 1. The van der Waals surface area contributed by atoms with Gasteiger partial charge in [-0.05, 0) is 77.1 Å². The van der Waals surface area contributed by atoms with Crippen LogP contribution in [0.25, 0.3) is 10.8 Å². The number of unbranched alkanes of at least 4 members (excludes halogenated alkanes) is 2. The van der Waals surface area contributed by atoms with Crippen molar-refractivity contribution in [2.24, 2.45) is 0 Å². The second kappa shape index (κ2) is 11.6. The molecule has 0 saturated carbocycles. The van der Waals surface area contributed by atoms with Gasteiger partial charge in [-0.1, -0.05) is 48.9 Å². The minimum Gasteiger partial charge on any atom is -0.458 e. The number of carbonyl (C=O) groups is 2. The maximum Gasteiger partial charge on any atom is 0.336 e. The number of carbonyl (C=O) groups excluding carboxylic acids is 2. The Labute approximate surface area is 199 Å². The fourth-order valence-electron chi connectivity index (χ4n) is 3.66. The Kier molecular flexibility index (Phi) is 9.47. The lowest BCUT2D eigenvalue weighted by Crippen LogP contribution is -2.41. The van der Waals surface area contributed by atoms with Crippen molar-refractivity contribution in [1.82, 2.24) is 4.90 Å². The molecular weight excluding hydrogens is 414 g/mol. The summed E-state index contributed by atoms with van der Waals surface area (Å²) in [6, 6.07) is 15.0. The molecule has 1 unspecified atom stereocenters. The molecule has 33 heavy (non-hydrogen) atoms. The molecule has 0 N–H and O–H groups in total. The van der Waals surface area contributed by atoms with E-state index >= 15 is 0 Å². The Hall–Kier alpha value is -2.40. The van der Waals surface area contributed by atoms with Crippen molar-refractivity contribution in [1.29, 1.82) is 0 Å². The van der Waals surface area contributed by atoms with Crippen LogP contribution in [0.2, 0.25) is 0 Å². The second-order valence-corrected chi connectivity index (χ2v) is 10.8. The van der Waals surface area contributed by atoms with Crippen molar-refractivity contribution in [2.45, 2.75) is 91.0 Å². The van der Waals surface area contributed by atoms with Gasteiger partial charge in [-0.2, -0.15) is 0 Å². The molecule has 5 nitrogen and oxygen atoms in total. The molecule has 5 heteroatoms. The zero-order valence-corrected chi connectivity index (χ0v) is 21.4. The molecule has 0 heterocycles. The summed E-state index contributed by atoms with van der Waals surface area (Å²) in [5.74, 6) is -0.598. The maximum absolute atomic E-state index is 12.8. The minimum atomic E-state index is -0.910. The number of fused-ring (bicyclic) bond motifs is 1. The summed E-state index contributed by atoms with van der Waals surface area (Å²) < 4.78 is 11.3. The number of aryl methyl sites for hydroxylation is 1. The average molecular weight is 456 g/mol. The third-order valence-electron chi connectivity index (χ3n) is 5.22. The minimum absolute atomic E-state index is 0.0141. The van der Waals surface area contributed by atoms with Crippen LogP contribution in [-0.2, 0) is 25.5 Å². The van der Waals surface area contributed by atoms with Crippen molar-refractivity contribution >= 4 is 22.6 Å². The van der Waals surface area contributed by atoms with E-state index in [2.05, 4.69) is 42.5 Å². The monoisotopic (exact) mass is 455 g/mol. The van der Waals surface area contributed by atoms with Gasteiger partial charge in [0.2, 0.25) is 5.91 Å². The van der Waals surface area contributed by atoms with Gasteiger partial charge < -0.3 is 14.4 Å². The van der Waals surface area contributed by atoms with E-state index in [0.717, 1.165) is 25.7 Å². The van der Waals surface area contributed by atoms with Crippen LogP contribution >= 0.6 is 0 Å². The Bertz CT molecular complexity index is 923. The number of hydrogen-bond donors (Lipinski definition) is 0. The predicted octanol–water partition coefficient (Wildman–Crippen LogP) is 5.93. The molecule has 0 aromatic heterocycles. The van der Waals surface area contributed by atoms with Gasteiger partial charge in [0.25, 0.3) is 0 Å². The normalized spacial score (nSPS) is 13.1. The molecule has 0 aliphatic heterocycles. The zero-order valence-electron chi connectivity index (χ0n) is 21.4. The topological polar surface area (TPSA) is 55.8 Å². The summed E-state index contributed by atoms with van der Waals surface area (Å²) in [6.07, 6.45) is 3.15. The SMILES string of the molecule is CN(CCCCCc1ccc2ccccc2c1)C(=O)CC(OC(C)(C)C)C(=O)OC(C)(C)C. The number of ether oxygens (including phenoxy) is 2. The Balaban J connectivity index is 1.79. The van der Waals surface area contributed by atoms with E-state index in [9.17, 15) is 9.59 Å². The molecule has 1 amide bonds. The molecule has 2 aromatic rings. The van der Waals surface area contributed by atoms with Gasteiger partial charge in [0.15, 0.2) is 6.10 Å². The van der Waals surface area contributed by atoms with Gasteiger partial charge in [-0.15, -0.1) is 0 Å². The van der Waals surface area contributed by atoms with Crippen LogP contribution in [0.3, 0.4) is 0 Å². The molecule has 0 spiro atoms. The highest BCUT2D eigenvalue weighted by atomic mass is 16.6. The fraction of sp³-hybridized carbons (Fsp3) is 0.571. The Morgan fingerprint density at radius 1 is 0.879 bits per heavy atom. The maximum atomic E-state index is 12.8. The summed E-state index contributed by atoms with van der Waals surface area (Å²) in [6.45, 7) is 11.7. The summed E-state index contributed by atoms with van der Waals surface area (Å²) >= 11 is 0. The van der Waals surface area contributed by atoms with E-state index in [0.29, 0.717) is 6.54 Å². The van der Waals surface area contributed by atoms with E-state index in [1.165, 1.54) is 16.3 Å². The number of hydrogen-bond acceptors (Lipinski definition) is 4. The fourth-order valence-corrected chi connectivity index (χ4v) is 3.66. The molecule has 182 valence electrons. The molecule has 0 aliphatic rings. The lowest BCUT2D eigenvalue weighted by atomic mass is 10.0. The first kappa shape index (κ1) is 26.8. The lowest BCUT2D eigenvalue weighted by Gasteiger charge is -2.30. The van der Waals surface area contributed by atoms with Gasteiger partial charge in [0, 0.05) is 13.6 Å². The Morgan fingerprint density at radius 2 is 1.55 bits per heavy atom. The smallest absolute Gasteiger partial charge is 0.336 e. The van der Waals surface area contributed by atoms with Crippen LogP contribution in [0.1, 0.15) is 72.8 Å². The third-order valence-corrected chi connectivity index (χ3v) is 5.22. The van der Waals surface area contributed by atoms with Crippen molar-refractivity contribution in [2.75, 3.05) is 13.6 Å². The van der Waals surface area contributed by atoms with Crippen LogP contribution in [0.15, 0.2) is 42.5 Å². The van der Waals surface area contributed by atoms with Gasteiger partial charge in [-0.25, -0.2) is 4.79 Å². The van der Waals surface area contributed by atoms with Crippen LogP contribution in [0.5, 0.6) is 0 Å². The molecule has 0 fully saturated rings. The van der Waals surface area contributed by atoms with Gasteiger partial charge in [0.1, 0.15) is 5.60 Å². The van der Waals surface area contributed by atoms with E-state index in [1.807, 2.05) is 41.5 Å². The largest absolute Gasteiger partial charge is 0.458 e. The van der Waals surface area contributed by atoms with Gasteiger partial charge in [-0.3, -0.25) is 4.79 Å². The number of rotatable bonds is 10. The van der Waals surface area contributed by atoms with E-state index in [1.54, 1.807) is 11.9 Å². The molecule has 0 bridgehead atoms. The first-order valence-corrected chi connectivity index (χ1v) is 12.0. The van der Waals surface area contributed by atoms with Gasteiger partial charge >= 0.3 is 5.97 Å². The molecule has 0 radical (unpaired) electrons. The van der Waals surface area contributed by atoms with Crippen LogP contribution in [0, 0.1) is 0 Å². The van der Waals surface area contributed by atoms with Crippen molar-refractivity contribution in [3.05, 3.63) is 48.0 Å². The molecule has 0 saturated heterocycles. The highest BCUT2D eigenvalue weighted by molar-refractivity contribution is 5.85. The zero-order chi connectivity index (χ0) is 24.6. The number of benzene rings is 2. The van der Waals surface area contributed by atoms with Crippen LogP contribution < -0.4 is 0 Å². The average Bonchev–Trinajstić information content (AvgIpc) is 2.70. The summed E-state index contributed by atoms with van der Waals surface area (Å²) in [4.78, 5) is 27.0. The Morgan fingerprint density at radius 3 is 2.18 bits per heavy atom. The van der Waals surface area contributed by atoms with Crippen LogP contribution in [0.4, 0.5) is 0 Å². The quantitative estimate of drug-likeness (QED) is 0.329. The van der Waals surface area contributed by atoms with Crippen molar-refractivity contribution in [3.63, 3.8) is 0 Å². The third kappa shape index (κ3) is 9.95. The molecule has 1 atom stereocenters. The molecule has 2 aromatic carbocycles. The summed E-state index contributed by atoms with van der Waals surface area (Å²) in [5, 5.41) is 2.54. The van der Waals surface area contributed by atoms with Gasteiger partial charge in [0.05, 0.1) is 12.0 Å². The highest BCUT2D eigenvalue weighted by Crippen LogP contribution is 2.19. The number of nitrogens with zero attached hydrogens (tertiary/aromatic N) is 1. The standard InChI is InChI=1S/C28H41NO4/c1-27(2,3)32-24(26(31)33-28(4,5)6)20-25(30)29(7)18-12-8-9-13-21-16-17-22-14-10-11-15-23(22)19-21/h10-11,14-17,19,24H,8-9,12-13,18,20H2,1-7H3. The predicted molar refractivity (Wildman–Crippen MR) is 134 cm³/mol. The van der Waals surface area contributed by atoms with E-state index < -0.39 is 23.3 Å². The molecular formula is C28H41NO4. The first-order chi connectivity index (χ1) is 15.3. The second-order valence-electron chi connectivity index (χ2n) is 10.8. The lowest BCUT2D eigenvalue weighted by molar-refractivity contribution is -0.179. The highest BCUT2D eigenvalue weighted by Gasteiger charge is 2.32. The number of esters is 1.